The second-order valence-corrected chi connectivity index (χ2v) is 5.83. The second kappa shape index (κ2) is 6.39. The highest BCUT2D eigenvalue weighted by atomic mass is 16.5. The van der Waals surface area contributed by atoms with Gasteiger partial charge in [0.15, 0.2) is 11.5 Å². The second-order valence-electron chi connectivity index (χ2n) is 5.83. The Labute approximate surface area is 124 Å². The monoisotopic (exact) mass is 289 g/mol. The topological polar surface area (TPSA) is 78.9 Å². The van der Waals surface area contributed by atoms with Gasteiger partial charge in [-0.2, -0.15) is 0 Å². The van der Waals surface area contributed by atoms with Crippen LogP contribution in [-0.4, -0.2) is 32.7 Å². The lowest BCUT2D eigenvalue weighted by Gasteiger charge is -2.36. The molecule has 0 unspecified atom stereocenters. The zero-order chi connectivity index (χ0) is 14.7. The van der Waals surface area contributed by atoms with Gasteiger partial charge in [0.25, 0.3) is 0 Å². The molecule has 0 aromatic carbocycles. The predicted molar refractivity (Wildman–Crippen MR) is 81.8 cm³/mol. The molecule has 0 spiro atoms. The first-order chi connectivity index (χ1) is 10.3. The fourth-order valence-electron chi connectivity index (χ4n) is 2.90. The summed E-state index contributed by atoms with van der Waals surface area (Å²) < 4.78 is 7.78. The van der Waals surface area contributed by atoms with E-state index < -0.39 is 0 Å². The Morgan fingerprint density at radius 2 is 2.14 bits per heavy atom. The lowest BCUT2D eigenvalue weighted by Crippen LogP contribution is -2.27. The van der Waals surface area contributed by atoms with Gasteiger partial charge in [0.2, 0.25) is 0 Å². The quantitative estimate of drug-likeness (QED) is 0.792. The van der Waals surface area contributed by atoms with Crippen molar-refractivity contribution >= 4 is 17.0 Å². The van der Waals surface area contributed by atoms with Crippen molar-refractivity contribution in [3.8, 4) is 0 Å². The van der Waals surface area contributed by atoms with Crippen molar-refractivity contribution in [2.45, 2.75) is 45.1 Å². The van der Waals surface area contributed by atoms with Crippen molar-refractivity contribution in [2.24, 2.45) is 5.92 Å². The van der Waals surface area contributed by atoms with Gasteiger partial charge in [-0.05, 0) is 31.6 Å². The fraction of sp³-hybridized carbons (Fsp3) is 0.667. The van der Waals surface area contributed by atoms with Crippen molar-refractivity contribution in [1.29, 1.82) is 0 Å². The van der Waals surface area contributed by atoms with Crippen molar-refractivity contribution < 1.29 is 4.74 Å². The third kappa shape index (κ3) is 3.00. The SMILES string of the molecule is CCCCOCC[C@H]1C[C@@H](n2cnc3c(N)ncnc32)C1. The molecule has 2 heterocycles. The Kier molecular flexibility index (Phi) is 4.34. The van der Waals surface area contributed by atoms with Crippen LogP contribution in [0.25, 0.3) is 11.2 Å². The average Bonchev–Trinajstić information content (AvgIpc) is 2.86. The largest absolute Gasteiger partial charge is 0.382 e. The molecule has 1 aliphatic carbocycles. The molecule has 6 nitrogen and oxygen atoms in total. The molecule has 2 N–H and O–H groups in total. The van der Waals surface area contributed by atoms with Gasteiger partial charge in [0.1, 0.15) is 11.8 Å². The number of ether oxygens (including phenoxy) is 1. The van der Waals surface area contributed by atoms with E-state index in [1.165, 1.54) is 25.6 Å². The van der Waals surface area contributed by atoms with Crippen LogP contribution in [0.1, 0.15) is 45.1 Å². The highest BCUT2D eigenvalue weighted by molar-refractivity contribution is 5.81. The molecule has 1 fully saturated rings. The third-order valence-corrected chi connectivity index (χ3v) is 4.30. The molecule has 0 radical (unpaired) electrons. The minimum atomic E-state index is 0.457. The average molecular weight is 289 g/mol. The number of anilines is 1. The zero-order valence-corrected chi connectivity index (χ0v) is 12.5. The third-order valence-electron chi connectivity index (χ3n) is 4.30. The lowest BCUT2D eigenvalue weighted by molar-refractivity contribution is 0.0890. The van der Waals surface area contributed by atoms with E-state index in [9.17, 15) is 0 Å². The Hall–Kier alpha value is -1.69. The van der Waals surface area contributed by atoms with E-state index in [4.69, 9.17) is 10.5 Å². The van der Waals surface area contributed by atoms with Crippen LogP contribution in [0.15, 0.2) is 12.7 Å². The first-order valence-electron chi connectivity index (χ1n) is 7.80. The maximum absolute atomic E-state index is 5.82. The summed E-state index contributed by atoms with van der Waals surface area (Å²) in [6, 6.07) is 0.491. The number of rotatable bonds is 7. The van der Waals surface area contributed by atoms with E-state index in [0.717, 1.165) is 37.6 Å². The summed E-state index contributed by atoms with van der Waals surface area (Å²) in [6.45, 7) is 3.97. The first kappa shape index (κ1) is 14.3. The maximum Gasteiger partial charge on any atom is 0.165 e. The van der Waals surface area contributed by atoms with E-state index >= 15 is 0 Å². The molecule has 2 aromatic rings. The van der Waals surface area contributed by atoms with E-state index in [2.05, 4.69) is 26.4 Å². The number of unbranched alkanes of at least 4 members (excludes halogenated alkanes) is 1. The first-order valence-corrected chi connectivity index (χ1v) is 7.80. The van der Waals surface area contributed by atoms with E-state index in [-0.39, 0.29) is 0 Å². The van der Waals surface area contributed by atoms with Crippen molar-refractivity contribution in [1.82, 2.24) is 19.5 Å². The fourth-order valence-corrected chi connectivity index (χ4v) is 2.90. The van der Waals surface area contributed by atoms with Crippen LogP contribution < -0.4 is 5.73 Å². The summed E-state index contributed by atoms with van der Waals surface area (Å²) >= 11 is 0. The minimum absolute atomic E-state index is 0.457. The number of imidazole rings is 1. The Balaban J connectivity index is 1.50. The molecule has 0 bridgehead atoms. The molecule has 1 saturated carbocycles. The highest BCUT2D eigenvalue weighted by Gasteiger charge is 2.31. The Morgan fingerprint density at radius 1 is 1.29 bits per heavy atom. The van der Waals surface area contributed by atoms with Gasteiger partial charge >= 0.3 is 0 Å². The number of nitrogens with zero attached hydrogens (tertiary/aromatic N) is 4. The van der Waals surface area contributed by atoms with E-state index in [1.54, 1.807) is 0 Å². The molecule has 0 saturated heterocycles. The van der Waals surface area contributed by atoms with E-state index in [1.807, 2.05) is 6.33 Å². The molecule has 0 atom stereocenters. The number of aromatic nitrogens is 4. The molecule has 2 aromatic heterocycles. The molecule has 1 aliphatic rings. The molecular formula is C15H23N5O. The van der Waals surface area contributed by atoms with Crippen molar-refractivity contribution in [2.75, 3.05) is 18.9 Å². The van der Waals surface area contributed by atoms with Gasteiger partial charge in [0, 0.05) is 19.3 Å². The molecular weight excluding hydrogens is 266 g/mol. The molecule has 21 heavy (non-hydrogen) atoms. The van der Waals surface area contributed by atoms with Crippen LogP contribution in [0.4, 0.5) is 5.82 Å². The molecule has 6 heteroatoms. The van der Waals surface area contributed by atoms with Crippen molar-refractivity contribution in [3.05, 3.63) is 12.7 Å². The standard InChI is InChI=1S/C15H23N5O/c1-2-3-5-21-6-4-11-7-12(8-11)20-10-19-13-14(16)17-9-18-15(13)20/h9-12H,2-8H2,1H3,(H2,16,17,18)/t11-,12+. The van der Waals surface area contributed by atoms with E-state index in [0.29, 0.717) is 17.4 Å². The van der Waals surface area contributed by atoms with Crippen LogP contribution in [0, 0.1) is 5.92 Å². The molecule has 0 amide bonds. The summed E-state index contributed by atoms with van der Waals surface area (Å²) in [5.74, 6) is 1.22. The van der Waals surface area contributed by atoms with Crippen molar-refractivity contribution in [3.63, 3.8) is 0 Å². The normalized spacial score (nSPS) is 21.6. The Bertz CT molecular complexity index is 591. The number of hydrogen-bond acceptors (Lipinski definition) is 5. The zero-order valence-electron chi connectivity index (χ0n) is 12.5. The van der Waals surface area contributed by atoms with Crippen LogP contribution in [0.5, 0.6) is 0 Å². The van der Waals surface area contributed by atoms with Crippen LogP contribution in [-0.2, 0) is 4.74 Å². The number of fused-ring (bicyclic) bond motifs is 1. The smallest absolute Gasteiger partial charge is 0.165 e. The summed E-state index contributed by atoms with van der Waals surface area (Å²) in [7, 11) is 0. The predicted octanol–water partition coefficient (Wildman–Crippen LogP) is 2.57. The minimum Gasteiger partial charge on any atom is -0.382 e. The van der Waals surface area contributed by atoms with Gasteiger partial charge in [-0.25, -0.2) is 15.0 Å². The number of hydrogen-bond donors (Lipinski definition) is 1. The van der Waals surface area contributed by atoms with Gasteiger partial charge in [-0.3, -0.25) is 0 Å². The van der Waals surface area contributed by atoms with Gasteiger partial charge in [-0.1, -0.05) is 13.3 Å². The highest BCUT2D eigenvalue weighted by Crippen LogP contribution is 2.41. The van der Waals surface area contributed by atoms with Crippen LogP contribution in [0.3, 0.4) is 0 Å². The van der Waals surface area contributed by atoms with Gasteiger partial charge < -0.3 is 15.0 Å². The number of nitrogen functional groups attached to an aromatic ring is 1. The molecule has 114 valence electrons. The molecule has 0 aliphatic heterocycles. The lowest BCUT2D eigenvalue weighted by atomic mass is 9.78. The number of nitrogens with two attached hydrogens (primary N) is 1. The summed E-state index contributed by atoms with van der Waals surface area (Å²) in [5.41, 5.74) is 7.38. The molecule has 3 rings (SSSR count). The Morgan fingerprint density at radius 3 is 2.95 bits per heavy atom. The summed E-state index contributed by atoms with van der Waals surface area (Å²) in [6.07, 6.45) is 9.21. The summed E-state index contributed by atoms with van der Waals surface area (Å²) in [5, 5.41) is 0. The van der Waals surface area contributed by atoms with Gasteiger partial charge in [-0.15, -0.1) is 0 Å². The maximum atomic E-state index is 5.82. The van der Waals surface area contributed by atoms with Gasteiger partial charge in [0.05, 0.1) is 6.33 Å². The summed E-state index contributed by atoms with van der Waals surface area (Å²) in [4.78, 5) is 12.6. The van der Waals surface area contributed by atoms with Crippen LogP contribution >= 0.6 is 0 Å². The van der Waals surface area contributed by atoms with Crippen LogP contribution in [0.2, 0.25) is 0 Å².